The van der Waals surface area contributed by atoms with Crippen molar-refractivity contribution in [1.82, 2.24) is 0 Å². The van der Waals surface area contributed by atoms with Crippen molar-refractivity contribution in [3.05, 3.63) is 58.7 Å². The lowest BCUT2D eigenvalue weighted by Crippen LogP contribution is -2.55. The zero-order chi connectivity index (χ0) is 25.9. The molecule has 2 unspecified atom stereocenters. The molecule has 4 aliphatic rings. The van der Waals surface area contributed by atoms with Crippen LogP contribution in [0.4, 0.5) is 0 Å². The second-order valence-electron chi connectivity index (χ2n) is 11.3. The summed E-state index contributed by atoms with van der Waals surface area (Å²) in [5.41, 5.74) is 0.411. The first-order valence-corrected chi connectivity index (χ1v) is 12.7. The summed E-state index contributed by atoms with van der Waals surface area (Å²) in [6.07, 6.45) is 8.80. The Morgan fingerprint density at radius 2 is 1.72 bits per heavy atom. The van der Waals surface area contributed by atoms with Crippen molar-refractivity contribution < 1.29 is 34.1 Å². The van der Waals surface area contributed by atoms with Gasteiger partial charge in [-0.2, -0.15) is 0 Å². The van der Waals surface area contributed by atoms with Crippen LogP contribution in [0.25, 0.3) is 0 Å². The van der Waals surface area contributed by atoms with E-state index in [1.165, 1.54) is 35.4 Å². The number of carbonyl (C=O) groups excluding carboxylic acids is 3. The van der Waals surface area contributed by atoms with E-state index in [9.17, 15) is 24.3 Å². The van der Waals surface area contributed by atoms with E-state index in [2.05, 4.69) is 13.0 Å². The van der Waals surface area contributed by atoms with Gasteiger partial charge in [0.05, 0.1) is 11.1 Å². The number of rotatable bonds is 5. The highest BCUT2D eigenvalue weighted by Crippen LogP contribution is 2.65. The Balaban J connectivity index is 1.33. The minimum absolute atomic E-state index is 0.0468. The number of aliphatic hydroxyl groups is 1. The largest absolute Gasteiger partial charge is 0.478 e. The van der Waals surface area contributed by atoms with Crippen LogP contribution in [0.15, 0.2) is 47.6 Å². The molecule has 0 bridgehead atoms. The molecule has 190 valence electrons. The van der Waals surface area contributed by atoms with Gasteiger partial charge in [0.2, 0.25) is 5.78 Å². The lowest BCUT2D eigenvalue weighted by molar-refractivity contribution is -0.155. The minimum atomic E-state index is -1.59. The van der Waals surface area contributed by atoms with Crippen LogP contribution in [0.5, 0.6) is 0 Å². The standard InChI is InChI=1S/C29H32O7/c1-27-12-9-20(30)15-19(27)7-8-21-22(27)10-13-28(2)23(21)11-14-29(28,35)24(31)16-36-26(34)18-5-3-17(4-6-18)25(32)33/h3-6,10,15,21,23,35H,7-9,11-14,16H2,1-2H3,(H,32,33)/t21-,23+,27?,28?,29+/m1/s1. The Labute approximate surface area is 210 Å². The molecule has 4 aliphatic carbocycles. The van der Waals surface area contributed by atoms with Gasteiger partial charge in [-0.1, -0.05) is 31.1 Å². The number of esters is 1. The fraction of sp³-hybridized carbons (Fsp3) is 0.517. The van der Waals surface area contributed by atoms with Gasteiger partial charge in [0.15, 0.2) is 12.4 Å². The number of fused-ring (bicyclic) bond motifs is 5. The SMILES string of the molecule is CC12CCC(=O)C=C1CC[C@@H]1C2=CCC2(C)[C@H]1CC[C@]2(O)C(=O)COC(=O)c1ccc(C(=O)O)cc1. The summed E-state index contributed by atoms with van der Waals surface area (Å²) >= 11 is 0. The van der Waals surface area contributed by atoms with Gasteiger partial charge in [-0.25, -0.2) is 9.59 Å². The Morgan fingerprint density at radius 3 is 2.42 bits per heavy atom. The summed E-state index contributed by atoms with van der Waals surface area (Å²) in [5.74, 6) is -1.72. The molecule has 0 saturated heterocycles. The highest BCUT2D eigenvalue weighted by atomic mass is 16.5. The molecule has 5 rings (SSSR count). The molecule has 2 saturated carbocycles. The molecule has 7 heteroatoms. The molecule has 36 heavy (non-hydrogen) atoms. The fourth-order valence-electron chi connectivity index (χ4n) is 7.41. The molecule has 7 nitrogen and oxygen atoms in total. The van der Waals surface area contributed by atoms with Crippen molar-refractivity contribution in [3.63, 3.8) is 0 Å². The number of carboxylic acids is 1. The maximum absolute atomic E-state index is 13.3. The summed E-state index contributed by atoms with van der Waals surface area (Å²) < 4.78 is 5.25. The van der Waals surface area contributed by atoms with Gasteiger partial charge in [0.25, 0.3) is 0 Å². The molecule has 5 atom stereocenters. The van der Waals surface area contributed by atoms with Crippen molar-refractivity contribution >= 4 is 23.5 Å². The third-order valence-corrected chi connectivity index (χ3v) is 9.65. The van der Waals surface area contributed by atoms with E-state index in [-0.39, 0.29) is 34.2 Å². The lowest BCUT2D eigenvalue weighted by atomic mass is 9.50. The molecule has 0 aromatic heterocycles. The van der Waals surface area contributed by atoms with Crippen molar-refractivity contribution in [2.75, 3.05) is 6.61 Å². The molecule has 0 amide bonds. The van der Waals surface area contributed by atoms with Gasteiger partial charge < -0.3 is 14.9 Å². The predicted octanol–water partition coefficient (Wildman–Crippen LogP) is 4.29. The zero-order valence-electron chi connectivity index (χ0n) is 20.7. The van der Waals surface area contributed by atoms with E-state index < -0.39 is 35.3 Å². The second-order valence-corrected chi connectivity index (χ2v) is 11.3. The quantitative estimate of drug-likeness (QED) is 0.465. The molecule has 1 aromatic carbocycles. The number of carboxylic acid groups (broad SMARTS) is 1. The number of aromatic carboxylic acids is 1. The topological polar surface area (TPSA) is 118 Å². The summed E-state index contributed by atoms with van der Waals surface area (Å²) in [4.78, 5) is 48.8. The van der Waals surface area contributed by atoms with E-state index in [0.717, 1.165) is 25.7 Å². The minimum Gasteiger partial charge on any atom is -0.478 e. The van der Waals surface area contributed by atoms with Gasteiger partial charge in [-0.05, 0) is 80.7 Å². The van der Waals surface area contributed by atoms with E-state index in [4.69, 9.17) is 9.84 Å². The van der Waals surface area contributed by atoms with Gasteiger partial charge in [0, 0.05) is 17.3 Å². The molecule has 0 aliphatic heterocycles. The fourth-order valence-corrected chi connectivity index (χ4v) is 7.41. The van der Waals surface area contributed by atoms with E-state index in [1.807, 2.05) is 13.0 Å². The van der Waals surface area contributed by atoms with Crippen molar-refractivity contribution in [1.29, 1.82) is 0 Å². The first kappa shape index (κ1) is 24.6. The third kappa shape index (κ3) is 3.59. The number of ether oxygens (including phenoxy) is 1. The highest BCUT2D eigenvalue weighted by Gasteiger charge is 2.64. The number of hydrogen-bond acceptors (Lipinski definition) is 6. The first-order valence-electron chi connectivity index (χ1n) is 12.7. The first-order chi connectivity index (χ1) is 17.0. The molecule has 0 spiro atoms. The average molecular weight is 493 g/mol. The molecule has 1 aromatic rings. The van der Waals surface area contributed by atoms with Gasteiger partial charge in [0.1, 0.15) is 5.60 Å². The summed E-state index contributed by atoms with van der Waals surface area (Å²) in [6.45, 7) is 3.69. The van der Waals surface area contributed by atoms with Crippen molar-refractivity contribution in [3.8, 4) is 0 Å². The Kier molecular flexibility index (Phi) is 5.82. The molecular weight excluding hydrogens is 460 g/mol. The van der Waals surface area contributed by atoms with Crippen LogP contribution in [-0.4, -0.2) is 45.9 Å². The number of carbonyl (C=O) groups is 4. The van der Waals surface area contributed by atoms with E-state index in [0.29, 0.717) is 19.3 Å². The zero-order valence-corrected chi connectivity index (χ0v) is 20.7. The molecule has 0 radical (unpaired) electrons. The normalized spacial score (nSPS) is 35.0. The number of ketones is 2. The van der Waals surface area contributed by atoms with Crippen LogP contribution in [0, 0.1) is 22.7 Å². The van der Waals surface area contributed by atoms with Crippen LogP contribution in [0.1, 0.15) is 79.5 Å². The molecule has 0 heterocycles. The van der Waals surface area contributed by atoms with Gasteiger partial charge in [-0.15, -0.1) is 0 Å². The van der Waals surface area contributed by atoms with Crippen molar-refractivity contribution in [2.24, 2.45) is 22.7 Å². The van der Waals surface area contributed by atoms with E-state index >= 15 is 0 Å². The average Bonchev–Trinajstić information content (AvgIpc) is 3.14. The van der Waals surface area contributed by atoms with Crippen LogP contribution < -0.4 is 0 Å². The smallest absolute Gasteiger partial charge is 0.338 e. The second kappa shape index (κ2) is 8.51. The monoisotopic (exact) mass is 492 g/mol. The van der Waals surface area contributed by atoms with Gasteiger partial charge >= 0.3 is 11.9 Å². The Bertz CT molecular complexity index is 1210. The number of benzene rings is 1. The Hall–Kier alpha value is -3.06. The number of allylic oxidation sites excluding steroid dienone is 4. The predicted molar refractivity (Wildman–Crippen MR) is 130 cm³/mol. The van der Waals surface area contributed by atoms with Crippen LogP contribution >= 0.6 is 0 Å². The summed E-state index contributed by atoms with van der Waals surface area (Å²) in [7, 11) is 0. The van der Waals surface area contributed by atoms with Crippen molar-refractivity contribution in [2.45, 2.75) is 64.4 Å². The summed E-state index contributed by atoms with van der Waals surface area (Å²) in [6, 6.07) is 5.29. The third-order valence-electron chi connectivity index (χ3n) is 9.65. The van der Waals surface area contributed by atoms with Gasteiger partial charge in [-0.3, -0.25) is 9.59 Å². The van der Waals surface area contributed by atoms with E-state index in [1.54, 1.807) is 0 Å². The number of hydrogen-bond donors (Lipinski definition) is 2. The maximum Gasteiger partial charge on any atom is 0.338 e. The maximum atomic E-state index is 13.3. The van der Waals surface area contributed by atoms with Crippen LogP contribution in [0.2, 0.25) is 0 Å². The highest BCUT2D eigenvalue weighted by molar-refractivity contribution is 5.96. The Morgan fingerprint density at radius 1 is 1.03 bits per heavy atom. The van der Waals surface area contributed by atoms with Crippen LogP contribution in [0.3, 0.4) is 0 Å². The lowest BCUT2D eigenvalue weighted by Gasteiger charge is -2.54. The molecule has 2 fully saturated rings. The van der Waals surface area contributed by atoms with Crippen LogP contribution in [-0.2, 0) is 14.3 Å². The molecule has 2 N–H and O–H groups in total. The molecular formula is C29H32O7. The number of Topliss-reactive ketones (excluding diaryl/α,β-unsaturated/α-hetero) is 1. The summed E-state index contributed by atoms with van der Waals surface area (Å²) in [5, 5.41) is 20.7.